The van der Waals surface area contributed by atoms with E-state index in [-0.39, 0.29) is 11.8 Å². The Kier molecular flexibility index (Phi) is 7.39. The van der Waals surface area contributed by atoms with E-state index in [1.54, 1.807) is 32.1 Å². The van der Waals surface area contributed by atoms with Crippen LogP contribution in [0.5, 0.6) is 17.2 Å². The highest BCUT2D eigenvalue weighted by molar-refractivity contribution is 6.45. The summed E-state index contributed by atoms with van der Waals surface area (Å²) in [5.74, 6) is 1.09. The number of hydrogen-bond acceptors (Lipinski definition) is 7. The molecule has 2 aliphatic rings. The molecule has 2 aromatic carbocycles. The molecule has 2 aliphatic heterocycles. The van der Waals surface area contributed by atoms with Crippen LogP contribution >= 0.6 is 23.2 Å². The van der Waals surface area contributed by atoms with E-state index in [4.69, 9.17) is 37.4 Å². The second-order valence-corrected chi connectivity index (χ2v) is 8.87. The van der Waals surface area contributed by atoms with Crippen molar-refractivity contribution < 1.29 is 24.3 Å². The van der Waals surface area contributed by atoms with Crippen LogP contribution < -0.4 is 9.47 Å². The first kappa shape index (κ1) is 23.5. The predicted octanol–water partition coefficient (Wildman–Crippen LogP) is 3.38. The van der Waals surface area contributed by atoms with Crippen molar-refractivity contribution in [3.05, 3.63) is 39.9 Å². The average Bonchev–Trinajstić information content (AvgIpc) is 2.94. The van der Waals surface area contributed by atoms with Gasteiger partial charge in [-0.25, -0.2) is 0 Å². The number of aromatic hydroxyl groups is 1. The summed E-state index contributed by atoms with van der Waals surface area (Å²) < 4.78 is 17.4. The summed E-state index contributed by atoms with van der Waals surface area (Å²) in [6.07, 6.45) is 0. The van der Waals surface area contributed by atoms with Crippen molar-refractivity contribution in [2.24, 2.45) is 0 Å². The molecule has 2 heterocycles. The van der Waals surface area contributed by atoms with Crippen molar-refractivity contribution in [1.29, 1.82) is 0 Å². The van der Waals surface area contributed by atoms with E-state index in [2.05, 4.69) is 4.90 Å². The van der Waals surface area contributed by atoms with Gasteiger partial charge >= 0.3 is 7.05 Å². The molecular formula is C22H27BCl2N2O5. The minimum Gasteiger partial charge on any atom is -0.507 e. The van der Waals surface area contributed by atoms with Gasteiger partial charge in [-0.15, -0.1) is 0 Å². The van der Waals surface area contributed by atoms with E-state index in [0.717, 1.165) is 18.7 Å². The fourth-order valence-corrected chi connectivity index (χ4v) is 4.92. The van der Waals surface area contributed by atoms with E-state index >= 15 is 0 Å². The SMILES string of the molecule is COCCOc1cc2c(c(Cl)c1-c1c(O)cccc1Cl)OC[C@H]1CN(B(C)O)CCN1C2. The van der Waals surface area contributed by atoms with Crippen LogP contribution in [-0.4, -0.2) is 79.5 Å². The predicted molar refractivity (Wildman–Crippen MR) is 126 cm³/mol. The van der Waals surface area contributed by atoms with Gasteiger partial charge in [-0.05, 0) is 25.0 Å². The van der Waals surface area contributed by atoms with Crippen molar-refractivity contribution >= 4 is 30.3 Å². The Morgan fingerprint density at radius 3 is 2.75 bits per heavy atom. The number of ether oxygens (including phenoxy) is 3. The third-order valence-corrected chi connectivity index (χ3v) is 6.68. The highest BCUT2D eigenvalue weighted by Gasteiger charge is 2.35. The van der Waals surface area contributed by atoms with Gasteiger partial charge in [0.05, 0.1) is 28.3 Å². The monoisotopic (exact) mass is 480 g/mol. The largest absolute Gasteiger partial charge is 0.507 e. The maximum absolute atomic E-state index is 10.6. The van der Waals surface area contributed by atoms with Gasteiger partial charge in [0.15, 0.2) is 0 Å². The minimum atomic E-state index is -0.498. The van der Waals surface area contributed by atoms with Gasteiger partial charge < -0.3 is 29.2 Å². The molecule has 0 amide bonds. The Hall–Kier alpha value is -1.68. The van der Waals surface area contributed by atoms with E-state index < -0.39 is 7.05 Å². The Morgan fingerprint density at radius 1 is 1.22 bits per heavy atom. The summed E-state index contributed by atoms with van der Waals surface area (Å²) in [6.45, 7) is 5.88. The Balaban J connectivity index is 1.76. The molecular weight excluding hydrogens is 454 g/mol. The Morgan fingerprint density at radius 2 is 2.03 bits per heavy atom. The van der Waals surface area contributed by atoms with Gasteiger partial charge in [0, 0.05) is 44.4 Å². The van der Waals surface area contributed by atoms with Crippen LogP contribution in [0.1, 0.15) is 5.56 Å². The fourth-order valence-electron chi connectivity index (χ4n) is 4.30. The van der Waals surface area contributed by atoms with Gasteiger partial charge in [-0.3, -0.25) is 4.90 Å². The summed E-state index contributed by atoms with van der Waals surface area (Å²) in [5, 5.41) is 21.3. The van der Waals surface area contributed by atoms with E-state index in [1.165, 1.54) is 0 Å². The third kappa shape index (κ3) is 4.67. The summed E-state index contributed by atoms with van der Waals surface area (Å²) >= 11 is 13.4. The van der Waals surface area contributed by atoms with Crippen LogP contribution in [0.3, 0.4) is 0 Å². The molecule has 10 heteroatoms. The average molecular weight is 481 g/mol. The standard InChI is InChI=1S/C22H27BCl2N2O5/c1-23(29)27-7-6-26-11-14-10-18(31-9-8-30-2)20(19-16(24)4-3-5-17(19)28)21(25)22(14)32-13-15(26)12-27/h3-5,10,15,28-29H,6-9,11-13H2,1-2H3/t15-/m1/s1. The van der Waals surface area contributed by atoms with Gasteiger partial charge in [0.1, 0.15) is 30.5 Å². The highest BCUT2D eigenvalue weighted by Crippen LogP contribution is 2.50. The van der Waals surface area contributed by atoms with Gasteiger partial charge in [0.25, 0.3) is 0 Å². The van der Waals surface area contributed by atoms with E-state index in [9.17, 15) is 10.1 Å². The van der Waals surface area contributed by atoms with Crippen molar-refractivity contribution in [1.82, 2.24) is 9.71 Å². The number of rotatable bonds is 6. The number of methoxy groups -OCH3 is 1. The topological polar surface area (TPSA) is 74.6 Å². The van der Waals surface area contributed by atoms with Crippen molar-refractivity contribution in [2.45, 2.75) is 19.4 Å². The van der Waals surface area contributed by atoms with Crippen LogP contribution in [0.25, 0.3) is 11.1 Å². The molecule has 32 heavy (non-hydrogen) atoms. The number of benzene rings is 2. The molecule has 0 spiro atoms. The molecule has 2 N–H and O–H groups in total. The first-order valence-electron chi connectivity index (χ1n) is 10.6. The lowest BCUT2D eigenvalue weighted by molar-refractivity contribution is 0.0787. The zero-order valence-corrected chi connectivity index (χ0v) is 19.7. The molecule has 0 saturated carbocycles. The number of halogens is 2. The molecule has 2 aromatic rings. The lowest BCUT2D eigenvalue weighted by atomic mass is 9.83. The van der Waals surface area contributed by atoms with Crippen LogP contribution in [0, 0.1) is 0 Å². The molecule has 0 aliphatic carbocycles. The first-order valence-corrected chi connectivity index (χ1v) is 11.4. The number of fused-ring (bicyclic) bond motifs is 2. The van der Waals surface area contributed by atoms with Gasteiger partial charge in [-0.2, -0.15) is 0 Å². The Labute approximate surface area is 198 Å². The third-order valence-electron chi connectivity index (χ3n) is 6.01. The maximum atomic E-state index is 10.6. The second-order valence-electron chi connectivity index (χ2n) is 8.09. The summed E-state index contributed by atoms with van der Waals surface area (Å²) in [5.41, 5.74) is 1.81. The number of phenols is 1. The van der Waals surface area contributed by atoms with Crippen molar-refractivity contribution in [2.75, 3.05) is 46.6 Å². The molecule has 7 nitrogen and oxygen atoms in total. The molecule has 1 atom stereocenters. The summed E-state index contributed by atoms with van der Waals surface area (Å²) in [6, 6.07) is 6.97. The van der Waals surface area contributed by atoms with Gasteiger partial charge in [-0.1, -0.05) is 29.3 Å². The molecule has 0 aromatic heterocycles. The lowest BCUT2D eigenvalue weighted by Crippen LogP contribution is -2.57. The first-order chi connectivity index (χ1) is 15.4. The lowest BCUT2D eigenvalue weighted by Gasteiger charge is -2.40. The summed E-state index contributed by atoms with van der Waals surface area (Å²) in [7, 11) is 1.11. The van der Waals surface area contributed by atoms with E-state index in [0.29, 0.717) is 65.6 Å². The molecule has 0 bridgehead atoms. The maximum Gasteiger partial charge on any atom is 0.376 e. The molecule has 0 unspecified atom stereocenters. The van der Waals surface area contributed by atoms with Crippen LogP contribution in [0.2, 0.25) is 16.9 Å². The molecule has 1 saturated heterocycles. The molecule has 4 rings (SSSR count). The number of hydrogen-bond donors (Lipinski definition) is 2. The van der Waals surface area contributed by atoms with Crippen molar-refractivity contribution in [3.8, 4) is 28.4 Å². The van der Waals surface area contributed by atoms with Crippen LogP contribution in [-0.2, 0) is 11.3 Å². The zero-order valence-electron chi connectivity index (χ0n) is 18.2. The van der Waals surface area contributed by atoms with Crippen molar-refractivity contribution in [3.63, 3.8) is 0 Å². The van der Waals surface area contributed by atoms with Crippen LogP contribution in [0.4, 0.5) is 0 Å². The number of piperazine rings is 1. The quantitative estimate of drug-likeness (QED) is 0.484. The zero-order chi connectivity index (χ0) is 22.8. The summed E-state index contributed by atoms with van der Waals surface area (Å²) in [4.78, 5) is 4.38. The number of phenolic OH excluding ortho intramolecular Hbond substituents is 1. The number of nitrogens with zero attached hydrogens (tertiary/aromatic N) is 2. The normalized spacial score (nSPS) is 19.0. The minimum absolute atomic E-state index is 0.00885. The Bertz CT molecular complexity index is 958. The smallest absolute Gasteiger partial charge is 0.376 e. The molecule has 0 radical (unpaired) electrons. The molecule has 1 fully saturated rings. The van der Waals surface area contributed by atoms with Crippen LogP contribution in [0.15, 0.2) is 24.3 Å². The van der Waals surface area contributed by atoms with E-state index in [1.807, 2.05) is 10.9 Å². The molecule has 172 valence electrons. The highest BCUT2D eigenvalue weighted by atomic mass is 35.5. The fraction of sp³-hybridized carbons (Fsp3) is 0.455. The van der Waals surface area contributed by atoms with Gasteiger partial charge in [0.2, 0.25) is 0 Å². The second kappa shape index (κ2) is 10.1.